The quantitative estimate of drug-likeness (QED) is 0.0552. The van der Waals surface area contributed by atoms with E-state index in [9.17, 15) is 58.5 Å². The molecule has 6 unspecified atom stereocenters. The molecule has 0 saturated carbocycles. The van der Waals surface area contributed by atoms with Gasteiger partial charge in [0.05, 0.1) is 18.9 Å². The lowest BCUT2D eigenvalue weighted by Crippen LogP contribution is -2.60. The van der Waals surface area contributed by atoms with Crippen molar-refractivity contribution >= 4 is 65.2 Å². The van der Waals surface area contributed by atoms with Crippen LogP contribution in [-0.4, -0.2) is 122 Å². The van der Waals surface area contributed by atoms with E-state index in [1.54, 1.807) is 44.2 Å². The number of nitrogens with one attached hydrogen (secondary N) is 5. The van der Waals surface area contributed by atoms with Gasteiger partial charge in [-0.15, -0.1) is 0 Å². The van der Waals surface area contributed by atoms with Crippen molar-refractivity contribution in [1.29, 1.82) is 0 Å². The van der Waals surface area contributed by atoms with Crippen molar-refractivity contribution in [2.75, 3.05) is 12.0 Å². The fourth-order valence-electron chi connectivity index (χ4n) is 4.80. The maximum Gasteiger partial charge on any atom is 0.326 e. The molecule has 0 aliphatic carbocycles. The van der Waals surface area contributed by atoms with Crippen LogP contribution < -0.4 is 32.3 Å². The van der Waals surface area contributed by atoms with Crippen molar-refractivity contribution < 1.29 is 63.6 Å². The van der Waals surface area contributed by atoms with Gasteiger partial charge in [-0.25, -0.2) is 4.79 Å². The Morgan fingerprint density at radius 3 is 1.62 bits per heavy atom. The Bertz CT molecular complexity index is 1460. The zero-order valence-electron chi connectivity index (χ0n) is 29.5. The number of carbonyl (C=O) groups is 9. The average Bonchev–Trinajstić information content (AvgIpc) is 3.07. The zero-order chi connectivity index (χ0) is 40.2. The number of carboxylic acids is 4. The van der Waals surface area contributed by atoms with Gasteiger partial charge in [-0.1, -0.05) is 44.2 Å². The molecule has 5 amide bonds. The Morgan fingerprint density at radius 1 is 0.623 bits per heavy atom. The summed E-state index contributed by atoms with van der Waals surface area (Å²) in [5.41, 5.74) is 6.70. The molecule has 0 aliphatic heterocycles. The third kappa shape index (κ3) is 18.2. The minimum Gasteiger partial charge on any atom is -0.481 e. The van der Waals surface area contributed by atoms with Gasteiger partial charge in [0.15, 0.2) is 0 Å². The number of carboxylic acid groups (broad SMARTS) is 4. The average molecular weight is 769 g/mol. The van der Waals surface area contributed by atoms with E-state index in [0.29, 0.717) is 17.7 Å². The van der Waals surface area contributed by atoms with Crippen molar-refractivity contribution in [2.24, 2.45) is 11.7 Å². The summed E-state index contributed by atoms with van der Waals surface area (Å²) >= 11 is 1.48. The number of benzene rings is 1. The molecule has 0 bridgehead atoms. The van der Waals surface area contributed by atoms with Crippen LogP contribution in [0.4, 0.5) is 0 Å². The van der Waals surface area contributed by atoms with E-state index in [2.05, 4.69) is 21.3 Å². The highest BCUT2D eigenvalue weighted by Gasteiger charge is 2.34. The first-order valence-electron chi connectivity index (χ1n) is 16.5. The second-order valence-corrected chi connectivity index (χ2v) is 13.5. The molecule has 0 radical (unpaired) electrons. The third-order valence-corrected chi connectivity index (χ3v) is 8.15. The maximum absolute atomic E-state index is 13.7. The number of thioether (sulfide) groups is 1. The van der Waals surface area contributed by atoms with Crippen LogP contribution in [0.1, 0.15) is 57.9 Å². The Morgan fingerprint density at radius 2 is 1.09 bits per heavy atom. The monoisotopic (exact) mass is 768 g/mol. The van der Waals surface area contributed by atoms with Crippen LogP contribution in [0.15, 0.2) is 30.3 Å². The number of rotatable bonds is 25. The Labute approximate surface area is 309 Å². The molecule has 19 nitrogen and oxygen atoms in total. The first-order valence-corrected chi connectivity index (χ1v) is 17.9. The second-order valence-electron chi connectivity index (χ2n) is 12.5. The Balaban J connectivity index is 3.34. The number of aliphatic carboxylic acids is 4. The van der Waals surface area contributed by atoms with E-state index in [1.165, 1.54) is 11.8 Å². The van der Waals surface area contributed by atoms with E-state index in [-0.39, 0.29) is 18.8 Å². The van der Waals surface area contributed by atoms with E-state index in [1.807, 2.05) is 11.6 Å². The van der Waals surface area contributed by atoms with Crippen LogP contribution in [0.2, 0.25) is 0 Å². The van der Waals surface area contributed by atoms with Gasteiger partial charge < -0.3 is 52.7 Å². The highest BCUT2D eigenvalue weighted by atomic mass is 32.2. The maximum atomic E-state index is 13.7. The SMILES string of the molecule is CSCCC(N)C(=O)NC(Cc1ccccc1)C(=O)NC(CC(C)C)C(=O)NC(CCC(=O)O)C(=O)NC(CC(=O)O)C(=O)NC(CC(=O)O)C(=O)O. The lowest BCUT2D eigenvalue weighted by Gasteiger charge is -2.27. The fourth-order valence-corrected chi connectivity index (χ4v) is 5.29. The van der Waals surface area contributed by atoms with Crippen LogP contribution >= 0.6 is 11.8 Å². The van der Waals surface area contributed by atoms with Gasteiger partial charge in [0.25, 0.3) is 0 Å². The number of carbonyl (C=O) groups excluding carboxylic acids is 5. The largest absolute Gasteiger partial charge is 0.481 e. The molecule has 6 atom stereocenters. The minimum absolute atomic E-state index is 0.00822. The number of amides is 5. The molecule has 0 aliphatic rings. The predicted molar refractivity (Wildman–Crippen MR) is 189 cm³/mol. The van der Waals surface area contributed by atoms with Crippen LogP contribution in [-0.2, 0) is 49.6 Å². The lowest BCUT2D eigenvalue weighted by molar-refractivity contribution is -0.148. The van der Waals surface area contributed by atoms with Crippen molar-refractivity contribution in [3.8, 4) is 0 Å². The first-order chi connectivity index (χ1) is 24.8. The molecule has 53 heavy (non-hydrogen) atoms. The van der Waals surface area contributed by atoms with E-state index in [0.717, 1.165) is 0 Å². The summed E-state index contributed by atoms with van der Waals surface area (Å²) in [5.74, 6) is -10.9. The Kier molecular flexibility index (Phi) is 20.2. The zero-order valence-corrected chi connectivity index (χ0v) is 30.4. The Hall–Kier alpha value is -5.24. The summed E-state index contributed by atoms with van der Waals surface area (Å²) in [6.07, 6.45) is -1.20. The molecule has 0 spiro atoms. The molecule has 0 saturated heterocycles. The number of hydrogen-bond donors (Lipinski definition) is 10. The van der Waals surface area contributed by atoms with Crippen molar-refractivity contribution in [3.63, 3.8) is 0 Å². The van der Waals surface area contributed by atoms with Crippen LogP contribution in [0.5, 0.6) is 0 Å². The second kappa shape index (κ2) is 23.3. The molecule has 1 aromatic rings. The molecule has 20 heteroatoms. The van der Waals surface area contributed by atoms with Gasteiger partial charge in [0.2, 0.25) is 29.5 Å². The summed E-state index contributed by atoms with van der Waals surface area (Å²) < 4.78 is 0. The molecule has 1 aromatic carbocycles. The standard InChI is InChI=1S/C33H48N6O13S/c1-17(2)13-21(37-31(49)22(14-18-7-5-4-6-8-18)36-28(46)19(34)11-12-53-3)30(48)35-20(9-10-25(40)41)29(47)38-23(15-26(42)43)32(50)39-24(33(51)52)16-27(44)45/h4-8,17,19-24H,9-16,34H2,1-3H3,(H,35,48)(H,36,46)(H,37,49)(H,38,47)(H,39,50)(H,40,41)(H,42,43)(H,44,45)(H,51,52). The van der Waals surface area contributed by atoms with Crippen LogP contribution in [0.3, 0.4) is 0 Å². The molecule has 1 rings (SSSR count). The molecule has 294 valence electrons. The van der Waals surface area contributed by atoms with Gasteiger partial charge in [-0.2, -0.15) is 11.8 Å². The number of hydrogen-bond acceptors (Lipinski definition) is 11. The molecular weight excluding hydrogens is 720 g/mol. The number of nitrogens with two attached hydrogens (primary N) is 1. The van der Waals surface area contributed by atoms with Crippen molar-refractivity contribution in [3.05, 3.63) is 35.9 Å². The predicted octanol–water partition coefficient (Wildman–Crippen LogP) is -1.32. The summed E-state index contributed by atoms with van der Waals surface area (Å²) in [5, 5.41) is 48.3. The van der Waals surface area contributed by atoms with Gasteiger partial charge in [0, 0.05) is 12.8 Å². The van der Waals surface area contributed by atoms with Gasteiger partial charge >= 0.3 is 23.9 Å². The minimum atomic E-state index is -1.99. The smallest absolute Gasteiger partial charge is 0.326 e. The van der Waals surface area contributed by atoms with Crippen LogP contribution in [0, 0.1) is 5.92 Å². The molecule has 0 fully saturated rings. The normalized spacial score (nSPS) is 14.3. The van der Waals surface area contributed by atoms with Crippen molar-refractivity contribution in [2.45, 2.75) is 95.0 Å². The third-order valence-electron chi connectivity index (χ3n) is 7.51. The van der Waals surface area contributed by atoms with Crippen LogP contribution in [0.25, 0.3) is 0 Å². The van der Waals surface area contributed by atoms with Gasteiger partial charge in [-0.05, 0) is 42.8 Å². The van der Waals surface area contributed by atoms with E-state index >= 15 is 0 Å². The molecule has 11 N–H and O–H groups in total. The topological polar surface area (TPSA) is 321 Å². The van der Waals surface area contributed by atoms with Gasteiger partial charge in [0.1, 0.15) is 30.2 Å². The lowest BCUT2D eigenvalue weighted by atomic mass is 10.00. The van der Waals surface area contributed by atoms with Crippen molar-refractivity contribution in [1.82, 2.24) is 26.6 Å². The fraction of sp³-hybridized carbons (Fsp3) is 0.545. The first kappa shape index (κ1) is 45.8. The van der Waals surface area contributed by atoms with E-state index in [4.69, 9.17) is 10.8 Å². The highest BCUT2D eigenvalue weighted by molar-refractivity contribution is 7.98. The summed E-state index contributed by atoms with van der Waals surface area (Å²) in [6.45, 7) is 3.47. The van der Waals surface area contributed by atoms with E-state index < -0.39 is 115 Å². The summed E-state index contributed by atoms with van der Waals surface area (Å²) in [6, 6.07) is -0.429. The molecule has 0 heterocycles. The highest BCUT2D eigenvalue weighted by Crippen LogP contribution is 2.11. The summed E-state index contributed by atoms with van der Waals surface area (Å²) in [4.78, 5) is 112. The molecule has 0 aromatic heterocycles. The molecular formula is C33H48N6O13S. The van der Waals surface area contributed by atoms with Gasteiger partial charge in [-0.3, -0.25) is 38.4 Å². The summed E-state index contributed by atoms with van der Waals surface area (Å²) in [7, 11) is 0.